The first-order chi connectivity index (χ1) is 11.3. The molecule has 2 heterocycles. The number of nitrogens with zero attached hydrogens (tertiary/aromatic N) is 3. The molecule has 0 aliphatic carbocycles. The van der Waals surface area contributed by atoms with E-state index < -0.39 is 6.10 Å². The van der Waals surface area contributed by atoms with E-state index in [4.69, 9.17) is 4.74 Å². The highest BCUT2D eigenvalue weighted by Crippen LogP contribution is 2.19. The number of β-amino-alcohol motifs (C(OH)–C–C–N with tert-alkyl or cyclic N) is 1. The fraction of sp³-hybridized carbons (Fsp3) is 0.500. The van der Waals surface area contributed by atoms with E-state index >= 15 is 0 Å². The fourth-order valence-electron chi connectivity index (χ4n) is 3.18. The molecule has 1 fully saturated rings. The summed E-state index contributed by atoms with van der Waals surface area (Å²) in [5.74, 6) is 0. The zero-order valence-electron chi connectivity index (χ0n) is 13.4. The number of likely N-dealkylation sites (tertiary alicyclic amines) is 1. The Bertz CT molecular complexity index is 559. The van der Waals surface area contributed by atoms with Crippen LogP contribution in [0.5, 0.6) is 0 Å². The van der Waals surface area contributed by atoms with E-state index in [0.717, 1.165) is 25.1 Å². The van der Waals surface area contributed by atoms with Gasteiger partial charge in [-0.05, 0) is 31.0 Å². The number of aromatic nitrogens is 2. The molecule has 1 aliphatic rings. The minimum absolute atomic E-state index is 0.375. The highest BCUT2D eigenvalue weighted by atomic mass is 16.5. The Morgan fingerprint density at radius 1 is 1.26 bits per heavy atom. The molecule has 2 atom stereocenters. The van der Waals surface area contributed by atoms with Gasteiger partial charge in [-0.2, -0.15) is 5.10 Å². The predicted octanol–water partition coefficient (Wildman–Crippen LogP) is 1.93. The predicted molar refractivity (Wildman–Crippen MR) is 88.9 cm³/mol. The Morgan fingerprint density at radius 3 is 2.91 bits per heavy atom. The number of aliphatic hydroxyl groups is 1. The summed E-state index contributed by atoms with van der Waals surface area (Å²) in [6, 6.07) is 12.5. The van der Waals surface area contributed by atoms with Gasteiger partial charge in [-0.25, -0.2) is 0 Å². The molecule has 1 aliphatic heterocycles. The third kappa shape index (κ3) is 4.89. The second kappa shape index (κ2) is 8.24. The highest BCUT2D eigenvalue weighted by molar-refractivity contribution is 5.13. The quantitative estimate of drug-likeness (QED) is 0.809. The van der Waals surface area contributed by atoms with Crippen molar-refractivity contribution in [1.82, 2.24) is 14.7 Å². The van der Waals surface area contributed by atoms with E-state index in [9.17, 15) is 5.11 Å². The van der Waals surface area contributed by atoms with Crippen molar-refractivity contribution in [1.29, 1.82) is 0 Å². The monoisotopic (exact) mass is 315 g/mol. The van der Waals surface area contributed by atoms with Crippen LogP contribution in [0.15, 0.2) is 48.8 Å². The zero-order valence-corrected chi connectivity index (χ0v) is 13.4. The van der Waals surface area contributed by atoms with E-state index in [1.165, 1.54) is 6.42 Å². The lowest BCUT2D eigenvalue weighted by atomic mass is 10.2. The van der Waals surface area contributed by atoms with Gasteiger partial charge >= 0.3 is 0 Å². The molecule has 0 spiro atoms. The molecule has 2 aromatic rings. The summed E-state index contributed by atoms with van der Waals surface area (Å²) in [6.45, 7) is 3.53. The molecule has 3 rings (SSSR count). The van der Waals surface area contributed by atoms with E-state index in [-0.39, 0.29) is 0 Å². The van der Waals surface area contributed by atoms with Gasteiger partial charge in [-0.1, -0.05) is 30.3 Å². The molecule has 0 bridgehead atoms. The van der Waals surface area contributed by atoms with Crippen molar-refractivity contribution in [2.24, 2.45) is 0 Å². The van der Waals surface area contributed by atoms with Crippen LogP contribution in [0.2, 0.25) is 0 Å². The zero-order chi connectivity index (χ0) is 15.9. The Hall–Kier alpha value is -1.69. The molecule has 5 heteroatoms. The molecule has 1 aromatic heterocycles. The molecule has 5 nitrogen and oxygen atoms in total. The second-order valence-corrected chi connectivity index (χ2v) is 6.17. The van der Waals surface area contributed by atoms with Gasteiger partial charge in [0.2, 0.25) is 0 Å². The van der Waals surface area contributed by atoms with Gasteiger partial charge in [0.1, 0.15) is 0 Å². The van der Waals surface area contributed by atoms with E-state index in [0.29, 0.717) is 25.8 Å². The van der Waals surface area contributed by atoms with Crippen LogP contribution in [0.25, 0.3) is 0 Å². The summed E-state index contributed by atoms with van der Waals surface area (Å²) in [5, 5.41) is 14.5. The van der Waals surface area contributed by atoms with Crippen LogP contribution in [0.1, 0.15) is 18.4 Å². The van der Waals surface area contributed by atoms with Crippen molar-refractivity contribution in [3.63, 3.8) is 0 Å². The summed E-state index contributed by atoms with van der Waals surface area (Å²) in [6.07, 6.45) is 5.71. The Labute approximate surface area is 137 Å². The van der Waals surface area contributed by atoms with Crippen molar-refractivity contribution in [2.45, 2.75) is 38.1 Å². The lowest BCUT2D eigenvalue weighted by Crippen LogP contribution is -2.40. The maximum Gasteiger partial charge on any atom is 0.0900 e. The molecule has 124 valence electrons. The van der Waals surface area contributed by atoms with E-state index in [1.807, 2.05) is 53.5 Å². The van der Waals surface area contributed by atoms with Gasteiger partial charge in [0.15, 0.2) is 0 Å². The topological polar surface area (TPSA) is 50.5 Å². The normalized spacial score (nSPS) is 20.0. The summed E-state index contributed by atoms with van der Waals surface area (Å²) in [7, 11) is 0. The maximum atomic E-state index is 10.2. The van der Waals surface area contributed by atoms with Crippen molar-refractivity contribution >= 4 is 0 Å². The van der Waals surface area contributed by atoms with Crippen LogP contribution in [0.4, 0.5) is 0 Å². The first-order valence-electron chi connectivity index (χ1n) is 8.32. The Kier molecular flexibility index (Phi) is 5.80. The number of hydrogen-bond acceptors (Lipinski definition) is 4. The molecule has 23 heavy (non-hydrogen) atoms. The molecule has 0 amide bonds. The largest absolute Gasteiger partial charge is 0.389 e. The SMILES string of the molecule is O[C@@H](COCc1ccccc1)CN1CCC[C@H]1Cn1cccn1. The third-order valence-electron chi connectivity index (χ3n) is 4.32. The minimum Gasteiger partial charge on any atom is -0.389 e. The van der Waals surface area contributed by atoms with Crippen LogP contribution in [0.3, 0.4) is 0 Å². The van der Waals surface area contributed by atoms with Crippen molar-refractivity contribution in [2.75, 3.05) is 19.7 Å². The Balaban J connectivity index is 1.40. The molecule has 0 radical (unpaired) electrons. The van der Waals surface area contributed by atoms with E-state index in [2.05, 4.69) is 10.00 Å². The summed E-state index contributed by atoms with van der Waals surface area (Å²) in [5.41, 5.74) is 1.14. The van der Waals surface area contributed by atoms with Crippen molar-refractivity contribution in [3.8, 4) is 0 Å². The Morgan fingerprint density at radius 2 is 2.13 bits per heavy atom. The average Bonchev–Trinajstić information content (AvgIpc) is 3.22. The van der Waals surface area contributed by atoms with Crippen LogP contribution in [-0.4, -0.2) is 51.6 Å². The fourth-order valence-corrected chi connectivity index (χ4v) is 3.18. The van der Waals surface area contributed by atoms with Crippen LogP contribution < -0.4 is 0 Å². The van der Waals surface area contributed by atoms with Crippen LogP contribution >= 0.6 is 0 Å². The number of hydrogen-bond donors (Lipinski definition) is 1. The van der Waals surface area contributed by atoms with E-state index in [1.54, 1.807) is 0 Å². The van der Waals surface area contributed by atoms with Crippen molar-refractivity contribution < 1.29 is 9.84 Å². The molecule has 1 N–H and O–H groups in total. The minimum atomic E-state index is -0.447. The van der Waals surface area contributed by atoms with Gasteiger partial charge in [-0.15, -0.1) is 0 Å². The summed E-state index contributed by atoms with van der Waals surface area (Å²) < 4.78 is 7.61. The summed E-state index contributed by atoms with van der Waals surface area (Å²) >= 11 is 0. The van der Waals surface area contributed by atoms with Crippen LogP contribution in [0, 0.1) is 0 Å². The number of aliphatic hydroxyl groups excluding tert-OH is 1. The van der Waals surface area contributed by atoms with Gasteiger partial charge < -0.3 is 9.84 Å². The summed E-state index contributed by atoms with van der Waals surface area (Å²) in [4.78, 5) is 2.36. The standard InChI is InChI=1S/C18H25N3O2/c22-18(15-23-14-16-6-2-1-3-7-16)13-20-10-4-8-17(20)12-21-11-5-9-19-21/h1-3,5-7,9,11,17-18,22H,4,8,10,12-15H2/t17-,18+/m0/s1. The molecular formula is C18H25N3O2. The molecule has 0 saturated carbocycles. The molecule has 1 saturated heterocycles. The lowest BCUT2D eigenvalue weighted by molar-refractivity contribution is 0.00666. The highest BCUT2D eigenvalue weighted by Gasteiger charge is 2.26. The molecule has 1 aromatic carbocycles. The van der Waals surface area contributed by atoms with Gasteiger partial charge in [0.25, 0.3) is 0 Å². The maximum absolute atomic E-state index is 10.2. The first kappa shape index (κ1) is 16.2. The lowest BCUT2D eigenvalue weighted by Gasteiger charge is -2.26. The van der Waals surface area contributed by atoms with Gasteiger partial charge in [0, 0.05) is 25.0 Å². The number of ether oxygens (including phenoxy) is 1. The van der Waals surface area contributed by atoms with Gasteiger partial charge in [-0.3, -0.25) is 9.58 Å². The van der Waals surface area contributed by atoms with Gasteiger partial charge in [0.05, 0.1) is 25.9 Å². The van der Waals surface area contributed by atoms with Crippen molar-refractivity contribution in [3.05, 3.63) is 54.4 Å². The van der Waals surface area contributed by atoms with Crippen LogP contribution in [-0.2, 0) is 17.9 Å². The molecule has 0 unspecified atom stereocenters. The average molecular weight is 315 g/mol. The smallest absolute Gasteiger partial charge is 0.0900 e. The first-order valence-corrected chi connectivity index (χ1v) is 8.32. The number of rotatable bonds is 8. The second-order valence-electron chi connectivity index (χ2n) is 6.17. The molecular weight excluding hydrogens is 290 g/mol. The third-order valence-corrected chi connectivity index (χ3v) is 4.32. The number of benzene rings is 1.